The molecule has 19 heavy (non-hydrogen) atoms. The van der Waals surface area contributed by atoms with Crippen molar-refractivity contribution in [2.75, 3.05) is 0 Å². The molecule has 1 aliphatic carbocycles. The van der Waals surface area contributed by atoms with Crippen LogP contribution in [0.1, 0.15) is 51.5 Å². The van der Waals surface area contributed by atoms with Gasteiger partial charge in [0, 0.05) is 10.5 Å². The maximum Gasteiger partial charge on any atom is 0.0207 e. The van der Waals surface area contributed by atoms with E-state index in [0.717, 1.165) is 12.3 Å². The third kappa shape index (κ3) is 3.61. The van der Waals surface area contributed by atoms with E-state index in [1.807, 2.05) is 0 Å². The summed E-state index contributed by atoms with van der Waals surface area (Å²) >= 11 is 3.65. The van der Waals surface area contributed by atoms with Gasteiger partial charge in [0.15, 0.2) is 0 Å². The molecule has 1 aliphatic rings. The zero-order valence-electron chi connectivity index (χ0n) is 12.2. The van der Waals surface area contributed by atoms with Gasteiger partial charge >= 0.3 is 0 Å². The molecule has 0 saturated heterocycles. The van der Waals surface area contributed by atoms with E-state index in [-0.39, 0.29) is 6.04 Å². The van der Waals surface area contributed by atoms with Gasteiger partial charge in [-0.2, -0.15) is 0 Å². The zero-order chi connectivity index (χ0) is 13.9. The molecule has 1 aromatic rings. The second-order valence-electron chi connectivity index (χ2n) is 6.57. The molecule has 1 saturated carbocycles. The van der Waals surface area contributed by atoms with Crippen LogP contribution in [-0.2, 0) is 6.42 Å². The SMILES string of the molecule is CC(C)CC1(C(N)Cc2ccccc2Br)CCCC1. The molecule has 0 amide bonds. The van der Waals surface area contributed by atoms with Crippen molar-refractivity contribution in [2.45, 2.75) is 58.4 Å². The molecular weight excluding hydrogens is 298 g/mol. The molecule has 2 heteroatoms. The number of rotatable bonds is 5. The molecule has 0 radical (unpaired) electrons. The first kappa shape index (κ1) is 15.1. The van der Waals surface area contributed by atoms with Crippen molar-refractivity contribution in [3.05, 3.63) is 34.3 Å². The predicted octanol–water partition coefficient (Wildman–Crippen LogP) is 4.93. The third-order valence-corrected chi connectivity index (χ3v) is 5.37. The Morgan fingerprint density at radius 2 is 1.84 bits per heavy atom. The van der Waals surface area contributed by atoms with Crippen molar-refractivity contribution >= 4 is 15.9 Å². The van der Waals surface area contributed by atoms with Gasteiger partial charge < -0.3 is 5.73 Å². The highest BCUT2D eigenvalue weighted by molar-refractivity contribution is 9.10. The summed E-state index contributed by atoms with van der Waals surface area (Å²) in [5.74, 6) is 0.739. The second kappa shape index (κ2) is 6.41. The highest BCUT2D eigenvalue weighted by Gasteiger charge is 2.39. The Labute approximate surface area is 126 Å². The number of benzene rings is 1. The minimum atomic E-state index is 0.288. The van der Waals surface area contributed by atoms with Gasteiger partial charge in [0.05, 0.1) is 0 Å². The summed E-state index contributed by atoms with van der Waals surface area (Å²) in [6, 6.07) is 8.78. The summed E-state index contributed by atoms with van der Waals surface area (Å²) in [5, 5.41) is 0. The lowest BCUT2D eigenvalue weighted by molar-refractivity contribution is 0.181. The molecule has 1 aromatic carbocycles. The molecule has 0 spiro atoms. The Kier molecular flexibility index (Phi) is 5.08. The van der Waals surface area contributed by atoms with Crippen molar-refractivity contribution < 1.29 is 0 Å². The quantitative estimate of drug-likeness (QED) is 0.817. The van der Waals surface area contributed by atoms with Crippen LogP contribution in [0.15, 0.2) is 28.7 Å². The molecule has 1 atom stereocenters. The molecular formula is C17H26BrN. The monoisotopic (exact) mass is 323 g/mol. The molecule has 0 bridgehead atoms. The fourth-order valence-corrected chi connectivity index (χ4v) is 4.18. The first-order chi connectivity index (χ1) is 9.03. The second-order valence-corrected chi connectivity index (χ2v) is 7.42. The summed E-state index contributed by atoms with van der Waals surface area (Å²) in [6.07, 6.45) is 7.62. The average molecular weight is 324 g/mol. The van der Waals surface area contributed by atoms with Gasteiger partial charge in [0.2, 0.25) is 0 Å². The summed E-state index contributed by atoms with van der Waals surface area (Å²) in [7, 11) is 0. The lowest BCUT2D eigenvalue weighted by Gasteiger charge is -2.37. The van der Waals surface area contributed by atoms with Crippen LogP contribution in [0, 0.1) is 11.3 Å². The standard InChI is InChI=1S/C17H26BrN/c1-13(2)12-17(9-5-6-10-17)16(19)11-14-7-3-4-8-15(14)18/h3-4,7-8,13,16H,5-6,9-12,19H2,1-2H3. The van der Waals surface area contributed by atoms with Crippen molar-refractivity contribution in [3.63, 3.8) is 0 Å². The van der Waals surface area contributed by atoms with E-state index >= 15 is 0 Å². The Morgan fingerprint density at radius 3 is 2.42 bits per heavy atom. The van der Waals surface area contributed by atoms with E-state index in [4.69, 9.17) is 5.73 Å². The van der Waals surface area contributed by atoms with Gasteiger partial charge in [-0.05, 0) is 48.6 Å². The van der Waals surface area contributed by atoms with Crippen molar-refractivity contribution in [2.24, 2.45) is 17.1 Å². The van der Waals surface area contributed by atoms with Crippen LogP contribution in [0.3, 0.4) is 0 Å². The Balaban J connectivity index is 2.12. The largest absolute Gasteiger partial charge is 0.327 e. The molecule has 1 unspecified atom stereocenters. The maximum absolute atomic E-state index is 6.64. The third-order valence-electron chi connectivity index (χ3n) is 4.60. The van der Waals surface area contributed by atoms with E-state index in [9.17, 15) is 0 Å². The van der Waals surface area contributed by atoms with Gasteiger partial charge in [-0.3, -0.25) is 0 Å². The lowest BCUT2D eigenvalue weighted by atomic mass is 9.71. The lowest BCUT2D eigenvalue weighted by Crippen LogP contribution is -2.42. The first-order valence-corrected chi connectivity index (χ1v) is 8.32. The van der Waals surface area contributed by atoms with Gasteiger partial charge in [-0.25, -0.2) is 0 Å². The summed E-state index contributed by atoms with van der Waals surface area (Å²) in [4.78, 5) is 0. The normalized spacial score (nSPS) is 19.8. The fourth-order valence-electron chi connectivity index (χ4n) is 3.74. The molecule has 2 rings (SSSR count). The molecule has 2 N–H and O–H groups in total. The Hall–Kier alpha value is -0.340. The van der Waals surface area contributed by atoms with E-state index in [2.05, 4.69) is 54.0 Å². The Morgan fingerprint density at radius 1 is 1.21 bits per heavy atom. The molecule has 1 fully saturated rings. The van der Waals surface area contributed by atoms with Crippen molar-refractivity contribution in [1.29, 1.82) is 0 Å². The van der Waals surface area contributed by atoms with Crippen LogP contribution in [0.25, 0.3) is 0 Å². The van der Waals surface area contributed by atoms with Crippen LogP contribution in [0.4, 0.5) is 0 Å². The predicted molar refractivity (Wildman–Crippen MR) is 86.2 cm³/mol. The number of hydrogen-bond acceptors (Lipinski definition) is 1. The summed E-state index contributed by atoms with van der Waals surface area (Å²) < 4.78 is 1.20. The van der Waals surface area contributed by atoms with Crippen molar-refractivity contribution in [1.82, 2.24) is 0 Å². The number of hydrogen-bond donors (Lipinski definition) is 1. The first-order valence-electron chi connectivity index (χ1n) is 7.52. The zero-order valence-corrected chi connectivity index (χ0v) is 13.7. The fraction of sp³-hybridized carbons (Fsp3) is 0.647. The van der Waals surface area contributed by atoms with Gasteiger partial charge in [0.25, 0.3) is 0 Å². The highest BCUT2D eigenvalue weighted by Crippen LogP contribution is 2.46. The average Bonchev–Trinajstić information content (AvgIpc) is 2.81. The topological polar surface area (TPSA) is 26.0 Å². The maximum atomic E-state index is 6.64. The summed E-state index contributed by atoms with van der Waals surface area (Å²) in [6.45, 7) is 4.65. The van der Waals surface area contributed by atoms with Crippen LogP contribution in [-0.4, -0.2) is 6.04 Å². The molecule has 0 heterocycles. The molecule has 1 nitrogen and oxygen atoms in total. The van der Waals surface area contributed by atoms with Crippen molar-refractivity contribution in [3.8, 4) is 0 Å². The van der Waals surface area contributed by atoms with Crippen LogP contribution < -0.4 is 5.73 Å². The van der Waals surface area contributed by atoms with Gasteiger partial charge in [-0.15, -0.1) is 0 Å². The number of nitrogens with two attached hydrogens (primary N) is 1. The van der Waals surface area contributed by atoms with E-state index < -0.39 is 0 Å². The molecule has 0 aromatic heterocycles. The van der Waals surface area contributed by atoms with Crippen LogP contribution in [0.2, 0.25) is 0 Å². The summed E-state index contributed by atoms with van der Waals surface area (Å²) in [5.41, 5.74) is 8.37. The smallest absolute Gasteiger partial charge is 0.0207 e. The molecule has 106 valence electrons. The minimum absolute atomic E-state index is 0.288. The van der Waals surface area contributed by atoms with Crippen LogP contribution in [0.5, 0.6) is 0 Å². The highest BCUT2D eigenvalue weighted by atomic mass is 79.9. The number of halogens is 1. The van der Waals surface area contributed by atoms with E-state index in [1.54, 1.807) is 0 Å². The molecule has 0 aliphatic heterocycles. The van der Waals surface area contributed by atoms with Crippen LogP contribution >= 0.6 is 15.9 Å². The van der Waals surface area contributed by atoms with Gasteiger partial charge in [-0.1, -0.05) is 60.8 Å². The van der Waals surface area contributed by atoms with Gasteiger partial charge in [0.1, 0.15) is 0 Å². The Bertz CT molecular complexity index is 407. The van der Waals surface area contributed by atoms with E-state index in [1.165, 1.54) is 42.1 Å². The minimum Gasteiger partial charge on any atom is -0.327 e. The van der Waals surface area contributed by atoms with E-state index in [0.29, 0.717) is 5.41 Å².